The van der Waals surface area contributed by atoms with E-state index in [2.05, 4.69) is 25.4 Å². The fourth-order valence-electron chi connectivity index (χ4n) is 2.19. The normalized spacial score (nSPS) is 12.5. The molecular formula is C18H25BrN2O6S. The zero-order chi connectivity index (χ0) is 21.2. The molecule has 28 heavy (non-hydrogen) atoms. The van der Waals surface area contributed by atoms with Crippen molar-refractivity contribution in [1.29, 1.82) is 0 Å². The van der Waals surface area contributed by atoms with Crippen LogP contribution in [-0.4, -0.2) is 59.7 Å². The monoisotopic (exact) mass is 476 g/mol. The van der Waals surface area contributed by atoms with Crippen molar-refractivity contribution < 1.29 is 29.0 Å². The molecule has 0 saturated heterocycles. The predicted octanol–water partition coefficient (Wildman–Crippen LogP) is 2.21. The first-order valence-electron chi connectivity index (χ1n) is 8.46. The molecule has 1 atom stereocenters. The van der Waals surface area contributed by atoms with Crippen molar-refractivity contribution in [3.63, 3.8) is 0 Å². The van der Waals surface area contributed by atoms with Gasteiger partial charge in [-0.2, -0.15) is 8.46 Å². The lowest BCUT2D eigenvalue weighted by Crippen LogP contribution is -2.45. The van der Waals surface area contributed by atoms with E-state index in [1.54, 1.807) is 24.3 Å². The molecule has 10 heteroatoms. The minimum absolute atomic E-state index is 0.0130. The molecule has 1 rings (SSSR count). The average molecular weight is 477 g/mol. The number of carbonyl (C=O) groups is 4. The fraction of sp³-hybridized carbons (Fsp3) is 0.444. The van der Waals surface area contributed by atoms with Crippen LogP contribution in [0.15, 0.2) is 30.3 Å². The number of ether oxygens (including phenoxy) is 1. The average Bonchev–Trinajstić information content (AvgIpc) is 2.60. The maximum Gasteiger partial charge on any atom is 0.407 e. The largest absolute Gasteiger partial charge is 0.480 e. The third-order valence-electron chi connectivity index (χ3n) is 3.46. The highest BCUT2D eigenvalue weighted by Gasteiger charge is 2.22. The molecule has 1 aromatic rings. The number of hydrogen-bond acceptors (Lipinski definition) is 5. The molecule has 1 unspecified atom stereocenters. The Kier molecular flexibility index (Phi) is 10.0. The second kappa shape index (κ2) is 11.7. The summed E-state index contributed by atoms with van der Waals surface area (Å²) in [5.74, 6) is -1.65. The number of Topliss-reactive ketones (excluding diaryl/α,β-unsaturated/α-hetero) is 1. The molecule has 156 valence electrons. The zero-order valence-electron chi connectivity index (χ0n) is 15.8. The Hall–Kier alpha value is -2.07. The van der Waals surface area contributed by atoms with E-state index in [1.807, 2.05) is 18.6 Å². The first kappa shape index (κ1) is 24.0. The standard InChI is InChI=1S/C18H25BrN2O6S/c1-28(2,19)12-14(22)8-9-15(17(24)25)21-16(23)10-20-18(26)27-11-13-6-4-3-5-7-13/h3-7,15H,8-12H2,1-2H3,(H,20,26)(H,21,23)(H,24,25). The molecule has 0 bridgehead atoms. The van der Waals surface area contributed by atoms with Crippen LogP contribution < -0.4 is 10.6 Å². The van der Waals surface area contributed by atoms with Gasteiger partial charge in [-0.3, -0.25) is 9.59 Å². The lowest BCUT2D eigenvalue weighted by atomic mass is 10.1. The SMILES string of the molecule is CS(C)(Br)CC(=O)CCC(NC(=O)CNC(=O)OCc1ccccc1)C(=O)O. The molecule has 0 aliphatic heterocycles. The van der Waals surface area contributed by atoms with Gasteiger partial charge in [0.05, 0.1) is 0 Å². The Morgan fingerprint density at radius 3 is 2.39 bits per heavy atom. The molecule has 1 aromatic carbocycles. The van der Waals surface area contributed by atoms with E-state index < -0.39 is 39.0 Å². The first-order valence-corrected chi connectivity index (χ1v) is 12.9. The number of ketones is 1. The van der Waals surface area contributed by atoms with E-state index in [0.29, 0.717) is 5.75 Å². The van der Waals surface area contributed by atoms with Crippen LogP contribution in [0, 0.1) is 0 Å². The molecule has 0 radical (unpaired) electrons. The van der Waals surface area contributed by atoms with Crippen LogP contribution >= 0.6 is 23.3 Å². The molecular weight excluding hydrogens is 452 g/mol. The number of carboxylic acid groups (broad SMARTS) is 1. The molecule has 0 aliphatic rings. The van der Waals surface area contributed by atoms with E-state index >= 15 is 0 Å². The topological polar surface area (TPSA) is 122 Å². The van der Waals surface area contributed by atoms with E-state index in [0.717, 1.165) is 5.56 Å². The smallest absolute Gasteiger partial charge is 0.407 e. The number of aliphatic carboxylic acids is 1. The maximum absolute atomic E-state index is 11.9. The Labute approximate surface area is 172 Å². The number of nitrogens with one attached hydrogen (secondary N) is 2. The van der Waals surface area contributed by atoms with Crippen LogP contribution in [0.1, 0.15) is 18.4 Å². The summed E-state index contributed by atoms with van der Waals surface area (Å²) in [7, 11) is -1.19. The third kappa shape index (κ3) is 10.9. The van der Waals surface area contributed by atoms with E-state index in [-0.39, 0.29) is 25.2 Å². The molecule has 0 spiro atoms. The quantitative estimate of drug-likeness (QED) is 0.449. The van der Waals surface area contributed by atoms with Gasteiger partial charge in [0.2, 0.25) is 5.91 Å². The van der Waals surface area contributed by atoms with Crippen LogP contribution in [0.3, 0.4) is 0 Å². The minimum atomic E-state index is -1.24. The molecule has 8 nitrogen and oxygen atoms in total. The summed E-state index contributed by atoms with van der Waals surface area (Å²) in [4.78, 5) is 46.7. The van der Waals surface area contributed by atoms with Crippen LogP contribution in [0.25, 0.3) is 0 Å². The fourth-order valence-corrected chi connectivity index (χ4v) is 3.87. The van der Waals surface area contributed by atoms with Crippen molar-refractivity contribution in [1.82, 2.24) is 10.6 Å². The Morgan fingerprint density at radius 1 is 1.18 bits per heavy atom. The van der Waals surface area contributed by atoms with Crippen molar-refractivity contribution in [2.45, 2.75) is 25.5 Å². The molecule has 0 heterocycles. The molecule has 0 fully saturated rings. The summed E-state index contributed by atoms with van der Waals surface area (Å²) in [5.41, 5.74) is 0.797. The van der Waals surface area contributed by atoms with Gasteiger partial charge in [-0.1, -0.05) is 30.3 Å². The summed E-state index contributed by atoms with van der Waals surface area (Å²) < 4.78 is 4.96. The second-order valence-electron chi connectivity index (χ2n) is 6.50. The van der Waals surface area contributed by atoms with Crippen LogP contribution in [0.2, 0.25) is 0 Å². The van der Waals surface area contributed by atoms with Gasteiger partial charge >= 0.3 is 12.1 Å². The molecule has 0 aromatic heterocycles. The highest BCUT2D eigenvalue weighted by atomic mass is 79.9. The van der Waals surface area contributed by atoms with Crippen LogP contribution in [0.5, 0.6) is 0 Å². The van der Waals surface area contributed by atoms with Gasteiger partial charge in [0.25, 0.3) is 0 Å². The van der Waals surface area contributed by atoms with Gasteiger partial charge in [0, 0.05) is 12.2 Å². The summed E-state index contributed by atoms with van der Waals surface area (Å²) >= 11 is 3.44. The Morgan fingerprint density at radius 2 is 1.82 bits per heavy atom. The summed E-state index contributed by atoms with van der Waals surface area (Å²) in [6.45, 7) is -0.371. The van der Waals surface area contributed by atoms with Gasteiger partial charge in [0.15, 0.2) is 0 Å². The second-order valence-corrected chi connectivity index (χ2v) is 14.9. The van der Waals surface area contributed by atoms with Crippen LogP contribution in [-0.2, 0) is 25.7 Å². The van der Waals surface area contributed by atoms with Gasteiger partial charge in [-0.25, -0.2) is 9.59 Å². The number of hydrogen-bond donors (Lipinski definition) is 3. The van der Waals surface area contributed by atoms with Gasteiger partial charge in [-0.05, 0) is 39.3 Å². The molecule has 0 aliphatic carbocycles. The van der Waals surface area contributed by atoms with Gasteiger partial charge in [0.1, 0.15) is 25.0 Å². The van der Waals surface area contributed by atoms with Gasteiger partial charge < -0.3 is 20.5 Å². The predicted molar refractivity (Wildman–Crippen MR) is 112 cm³/mol. The number of amides is 2. The minimum Gasteiger partial charge on any atom is -0.480 e. The highest BCUT2D eigenvalue weighted by molar-refractivity contribution is 9.58. The lowest BCUT2D eigenvalue weighted by Gasteiger charge is -2.21. The van der Waals surface area contributed by atoms with Crippen molar-refractivity contribution >= 4 is 47.0 Å². The number of carboxylic acids is 1. The first-order chi connectivity index (χ1) is 13.1. The summed E-state index contributed by atoms with van der Waals surface area (Å²) in [6.07, 6.45) is 3.09. The number of benzene rings is 1. The van der Waals surface area contributed by atoms with Crippen molar-refractivity contribution in [2.75, 3.05) is 24.8 Å². The third-order valence-corrected chi connectivity index (χ3v) is 5.15. The van der Waals surface area contributed by atoms with Crippen LogP contribution in [0.4, 0.5) is 4.79 Å². The number of halogens is 1. The van der Waals surface area contributed by atoms with E-state index in [4.69, 9.17) is 4.74 Å². The zero-order valence-corrected chi connectivity index (χ0v) is 18.2. The number of carbonyl (C=O) groups excluding carboxylic acids is 3. The van der Waals surface area contributed by atoms with Crippen molar-refractivity contribution in [2.24, 2.45) is 0 Å². The summed E-state index contributed by atoms with van der Waals surface area (Å²) in [5, 5.41) is 13.8. The van der Waals surface area contributed by atoms with E-state index in [1.165, 1.54) is 0 Å². The van der Waals surface area contributed by atoms with Gasteiger partial charge in [-0.15, -0.1) is 0 Å². The molecule has 3 N–H and O–H groups in total. The van der Waals surface area contributed by atoms with Crippen molar-refractivity contribution in [3.05, 3.63) is 35.9 Å². The molecule has 2 amide bonds. The Balaban J connectivity index is 2.35. The lowest BCUT2D eigenvalue weighted by molar-refractivity contribution is -0.142. The van der Waals surface area contributed by atoms with Crippen molar-refractivity contribution in [3.8, 4) is 0 Å². The number of rotatable bonds is 11. The highest BCUT2D eigenvalue weighted by Crippen LogP contribution is 2.47. The molecule has 0 saturated carbocycles. The summed E-state index contributed by atoms with van der Waals surface area (Å²) in [6, 6.07) is 7.82. The maximum atomic E-state index is 11.9. The Bertz CT molecular complexity index is 693. The van der Waals surface area contributed by atoms with E-state index in [9.17, 15) is 24.3 Å². The number of alkyl carbamates (subject to hydrolysis) is 1.